The molecule has 0 spiro atoms. The van der Waals surface area contributed by atoms with Crippen LogP contribution in [0.3, 0.4) is 0 Å². The van der Waals surface area contributed by atoms with Gasteiger partial charge in [0.25, 0.3) is 0 Å². The van der Waals surface area contributed by atoms with Crippen molar-refractivity contribution in [3.8, 4) is 0 Å². The lowest BCUT2D eigenvalue weighted by Gasteiger charge is -2.27. The van der Waals surface area contributed by atoms with Crippen LogP contribution >= 0.6 is 0 Å². The van der Waals surface area contributed by atoms with Gasteiger partial charge >= 0.3 is 11.9 Å². The van der Waals surface area contributed by atoms with Gasteiger partial charge in [0.05, 0.1) is 5.41 Å². The highest BCUT2D eigenvalue weighted by Crippen LogP contribution is 2.37. The summed E-state index contributed by atoms with van der Waals surface area (Å²) in [5.74, 6) is -2.68. The van der Waals surface area contributed by atoms with Crippen LogP contribution in [0, 0.1) is 5.41 Å². The number of carbonyl (C=O) groups is 3. The van der Waals surface area contributed by atoms with Crippen LogP contribution in [-0.2, 0) is 14.4 Å². The Morgan fingerprint density at radius 1 is 1.21 bits per heavy atom. The molecule has 0 bridgehead atoms. The summed E-state index contributed by atoms with van der Waals surface area (Å²) in [4.78, 5) is 33.6. The molecule has 0 heterocycles. The predicted octanol–water partition coefficient (Wildman–Crippen LogP) is -0.0603. The maximum absolute atomic E-state index is 12.2. The lowest BCUT2D eigenvalue weighted by molar-refractivity contribution is -0.144. The molecule has 0 unspecified atom stereocenters. The van der Waals surface area contributed by atoms with E-state index in [9.17, 15) is 14.4 Å². The highest BCUT2D eigenvalue weighted by molar-refractivity contribution is 5.88. The van der Waals surface area contributed by atoms with Gasteiger partial charge in [-0.3, -0.25) is 9.59 Å². The molecule has 1 rings (SSSR count). The van der Waals surface area contributed by atoms with E-state index in [0.29, 0.717) is 12.8 Å². The fourth-order valence-electron chi connectivity index (χ4n) is 2.41. The first-order valence-electron chi connectivity index (χ1n) is 6.37. The van der Waals surface area contributed by atoms with E-state index in [1.165, 1.54) is 0 Å². The van der Waals surface area contributed by atoms with Crippen LogP contribution in [0.2, 0.25) is 0 Å². The third kappa shape index (κ3) is 3.92. The third-order valence-corrected chi connectivity index (χ3v) is 3.68. The summed E-state index contributed by atoms with van der Waals surface area (Å²) in [6.45, 7) is 0.185. The zero-order valence-corrected chi connectivity index (χ0v) is 10.7. The molecule has 1 aliphatic rings. The normalized spacial score (nSPS) is 18.8. The number of aliphatic carboxylic acids is 2. The van der Waals surface area contributed by atoms with E-state index in [4.69, 9.17) is 15.9 Å². The van der Waals surface area contributed by atoms with E-state index >= 15 is 0 Å². The molecule has 0 radical (unpaired) electrons. The largest absolute Gasteiger partial charge is 0.481 e. The van der Waals surface area contributed by atoms with Gasteiger partial charge in [-0.25, -0.2) is 4.79 Å². The topological polar surface area (TPSA) is 130 Å². The minimum Gasteiger partial charge on any atom is -0.481 e. The van der Waals surface area contributed by atoms with Crippen molar-refractivity contribution in [2.75, 3.05) is 6.54 Å². The van der Waals surface area contributed by atoms with E-state index in [-0.39, 0.29) is 25.3 Å². The van der Waals surface area contributed by atoms with Crippen molar-refractivity contribution in [2.45, 2.75) is 44.6 Å². The molecule has 0 aliphatic heterocycles. The molecule has 7 nitrogen and oxygen atoms in total. The summed E-state index contributed by atoms with van der Waals surface area (Å²) < 4.78 is 0. The van der Waals surface area contributed by atoms with Crippen LogP contribution in [0.1, 0.15) is 38.5 Å². The first kappa shape index (κ1) is 15.4. The van der Waals surface area contributed by atoms with E-state index < -0.39 is 23.4 Å². The summed E-state index contributed by atoms with van der Waals surface area (Å²) in [5.41, 5.74) is 4.96. The molecule has 0 aromatic carbocycles. The van der Waals surface area contributed by atoms with Crippen molar-refractivity contribution in [3.05, 3.63) is 0 Å². The number of carbonyl (C=O) groups excluding carboxylic acids is 1. The number of hydrogen-bond acceptors (Lipinski definition) is 4. The van der Waals surface area contributed by atoms with E-state index in [0.717, 1.165) is 12.8 Å². The molecule has 1 amide bonds. The number of rotatable bonds is 7. The van der Waals surface area contributed by atoms with Crippen LogP contribution in [-0.4, -0.2) is 40.6 Å². The third-order valence-electron chi connectivity index (χ3n) is 3.68. The van der Waals surface area contributed by atoms with Crippen LogP contribution in [0.5, 0.6) is 0 Å². The van der Waals surface area contributed by atoms with Crippen molar-refractivity contribution in [1.29, 1.82) is 0 Å². The maximum Gasteiger partial charge on any atom is 0.326 e. The molecule has 7 heteroatoms. The monoisotopic (exact) mass is 272 g/mol. The van der Waals surface area contributed by atoms with Crippen LogP contribution in [0.15, 0.2) is 0 Å². The van der Waals surface area contributed by atoms with Gasteiger partial charge < -0.3 is 21.3 Å². The van der Waals surface area contributed by atoms with Crippen LogP contribution < -0.4 is 11.1 Å². The molecule has 5 N–H and O–H groups in total. The van der Waals surface area contributed by atoms with E-state index in [1.807, 2.05) is 0 Å². The van der Waals surface area contributed by atoms with Gasteiger partial charge in [0, 0.05) is 13.0 Å². The molecule has 1 fully saturated rings. The van der Waals surface area contributed by atoms with E-state index in [2.05, 4.69) is 5.32 Å². The SMILES string of the molecule is NCC1(C(=O)N[C@@H](CCC(=O)O)C(=O)O)CCCC1. The fraction of sp³-hybridized carbons (Fsp3) is 0.750. The molecule has 0 aromatic heterocycles. The summed E-state index contributed by atoms with van der Waals surface area (Å²) >= 11 is 0. The average Bonchev–Trinajstić information content (AvgIpc) is 2.83. The molecule has 108 valence electrons. The lowest BCUT2D eigenvalue weighted by atomic mass is 9.85. The second kappa shape index (κ2) is 6.51. The Balaban J connectivity index is 2.65. The maximum atomic E-state index is 12.2. The quantitative estimate of drug-likeness (QED) is 0.513. The Morgan fingerprint density at radius 2 is 1.79 bits per heavy atom. The lowest BCUT2D eigenvalue weighted by Crippen LogP contribution is -2.50. The molecule has 1 aliphatic carbocycles. The predicted molar refractivity (Wildman–Crippen MR) is 66.4 cm³/mol. The van der Waals surface area contributed by atoms with Gasteiger partial charge in [-0.1, -0.05) is 12.8 Å². The van der Waals surface area contributed by atoms with Crippen molar-refractivity contribution in [2.24, 2.45) is 11.1 Å². The van der Waals surface area contributed by atoms with Crippen LogP contribution in [0.25, 0.3) is 0 Å². The Labute approximate surface area is 111 Å². The summed E-state index contributed by atoms with van der Waals surface area (Å²) in [5, 5.41) is 20.0. The molecular weight excluding hydrogens is 252 g/mol. The van der Waals surface area contributed by atoms with Gasteiger partial charge in [0.15, 0.2) is 0 Å². The number of amides is 1. The number of nitrogens with two attached hydrogens (primary N) is 1. The zero-order chi connectivity index (χ0) is 14.5. The smallest absolute Gasteiger partial charge is 0.326 e. The fourth-order valence-corrected chi connectivity index (χ4v) is 2.41. The number of nitrogens with one attached hydrogen (secondary N) is 1. The molecule has 19 heavy (non-hydrogen) atoms. The minimum absolute atomic E-state index is 0.128. The Bertz CT molecular complexity index is 363. The molecule has 0 saturated heterocycles. The van der Waals surface area contributed by atoms with Crippen molar-refractivity contribution < 1.29 is 24.6 Å². The molecular formula is C12H20N2O5. The Hall–Kier alpha value is -1.63. The summed E-state index contributed by atoms with van der Waals surface area (Å²) in [7, 11) is 0. The highest BCUT2D eigenvalue weighted by atomic mass is 16.4. The van der Waals surface area contributed by atoms with Gasteiger partial charge in [0.2, 0.25) is 5.91 Å². The number of hydrogen-bond donors (Lipinski definition) is 4. The summed E-state index contributed by atoms with van der Waals surface area (Å²) in [6.07, 6.45) is 2.68. The van der Waals surface area contributed by atoms with Gasteiger partial charge in [-0.2, -0.15) is 0 Å². The van der Waals surface area contributed by atoms with Crippen molar-refractivity contribution in [3.63, 3.8) is 0 Å². The zero-order valence-electron chi connectivity index (χ0n) is 10.7. The number of carboxylic acids is 2. The average molecular weight is 272 g/mol. The minimum atomic E-state index is -1.22. The van der Waals surface area contributed by atoms with Gasteiger partial charge in [0.1, 0.15) is 6.04 Å². The van der Waals surface area contributed by atoms with Crippen molar-refractivity contribution >= 4 is 17.8 Å². The van der Waals surface area contributed by atoms with Crippen LogP contribution in [0.4, 0.5) is 0 Å². The molecule has 1 atom stereocenters. The standard InChI is InChI=1S/C12H20N2O5/c13-7-12(5-1-2-6-12)11(19)14-8(10(17)18)3-4-9(15)16/h8H,1-7,13H2,(H,14,19)(H,15,16)(H,17,18)/t8-/m0/s1. The van der Waals surface area contributed by atoms with Gasteiger partial charge in [-0.15, -0.1) is 0 Å². The highest BCUT2D eigenvalue weighted by Gasteiger charge is 2.41. The Morgan fingerprint density at radius 3 is 2.21 bits per heavy atom. The number of carboxylic acid groups (broad SMARTS) is 2. The Kier molecular flexibility index (Phi) is 5.29. The second-order valence-corrected chi connectivity index (χ2v) is 4.99. The second-order valence-electron chi connectivity index (χ2n) is 4.99. The molecule has 0 aromatic rings. The van der Waals surface area contributed by atoms with Crippen molar-refractivity contribution in [1.82, 2.24) is 5.32 Å². The first-order valence-corrected chi connectivity index (χ1v) is 6.37. The summed E-state index contributed by atoms with van der Waals surface area (Å²) in [6, 6.07) is -1.17. The first-order chi connectivity index (χ1) is 8.91. The van der Waals surface area contributed by atoms with E-state index in [1.54, 1.807) is 0 Å². The molecule has 1 saturated carbocycles. The van der Waals surface area contributed by atoms with Gasteiger partial charge in [-0.05, 0) is 19.3 Å².